The quantitative estimate of drug-likeness (QED) is 0.748. The minimum Gasteiger partial charge on any atom is -0.490 e. The minimum absolute atomic E-state index is 0.000888. The van der Waals surface area contributed by atoms with Gasteiger partial charge < -0.3 is 24.4 Å². The molecule has 3 aliphatic rings. The zero-order valence-corrected chi connectivity index (χ0v) is 19.2. The SMILES string of the molecule is CC[C@@H](C)Oc1cc(C)cc2c1C(=O)N1C[C@@H](Oc3cc4c(cn3)CCC(=O)N4)C[C@@H]1CO2. The van der Waals surface area contributed by atoms with Gasteiger partial charge in [0.15, 0.2) is 0 Å². The summed E-state index contributed by atoms with van der Waals surface area (Å²) in [6, 6.07) is 5.48. The zero-order valence-electron chi connectivity index (χ0n) is 19.2. The molecular formula is C25H29N3O5. The van der Waals surface area contributed by atoms with E-state index in [9.17, 15) is 9.59 Å². The van der Waals surface area contributed by atoms with Gasteiger partial charge in [-0.2, -0.15) is 0 Å². The highest BCUT2D eigenvalue weighted by Gasteiger charge is 2.41. The molecule has 5 rings (SSSR count). The van der Waals surface area contributed by atoms with Gasteiger partial charge in [-0.05, 0) is 49.9 Å². The first-order valence-corrected chi connectivity index (χ1v) is 11.6. The molecule has 0 radical (unpaired) electrons. The molecule has 2 aromatic rings. The van der Waals surface area contributed by atoms with Crippen molar-refractivity contribution in [1.29, 1.82) is 0 Å². The van der Waals surface area contributed by atoms with Crippen LogP contribution in [0.5, 0.6) is 17.4 Å². The van der Waals surface area contributed by atoms with Gasteiger partial charge in [0.05, 0.1) is 24.4 Å². The number of carbonyl (C=O) groups excluding carboxylic acids is 2. The lowest BCUT2D eigenvalue weighted by molar-refractivity contribution is -0.116. The van der Waals surface area contributed by atoms with Crippen LogP contribution in [-0.2, 0) is 11.2 Å². The number of fused-ring (bicyclic) bond motifs is 3. The molecule has 0 saturated carbocycles. The summed E-state index contributed by atoms with van der Waals surface area (Å²) < 4.78 is 18.3. The number of benzene rings is 1. The Morgan fingerprint density at radius 3 is 2.94 bits per heavy atom. The van der Waals surface area contributed by atoms with Crippen LogP contribution in [0.3, 0.4) is 0 Å². The number of pyridine rings is 1. The van der Waals surface area contributed by atoms with Crippen molar-refractivity contribution >= 4 is 17.5 Å². The number of aryl methyl sites for hydroxylation is 2. The Morgan fingerprint density at radius 2 is 2.12 bits per heavy atom. The van der Waals surface area contributed by atoms with Gasteiger partial charge in [-0.1, -0.05) is 6.92 Å². The molecule has 0 aliphatic carbocycles. The molecule has 3 aliphatic heterocycles. The average molecular weight is 452 g/mol. The summed E-state index contributed by atoms with van der Waals surface area (Å²) in [7, 11) is 0. The average Bonchev–Trinajstić information content (AvgIpc) is 3.13. The number of hydrogen-bond acceptors (Lipinski definition) is 6. The summed E-state index contributed by atoms with van der Waals surface area (Å²) in [6.07, 6.45) is 4.17. The predicted octanol–water partition coefficient (Wildman–Crippen LogP) is 3.51. The Morgan fingerprint density at radius 1 is 1.27 bits per heavy atom. The molecule has 33 heavy (non-hydrogen) atoms. The molecule has 1 aromatic carbocycles. The molecule has 0 bridgehead atoms. The lowest BCUT2D eigenvalue weighted by atomic mass is 10.1. The summed E-state index contributed by atoms with van der Waals surface area (Å²) >= 11 is 0. The maximum atomic E-state index is 13.6. The van der Waals surface area contributed by atoms with E-state index >= 15 is 0 Å². The molecule has 174 valence electrons. The number of amides is 2. The number of rotatable bonds is 5. The monoisotopic (exact) mass is 451 g/mol. The summed E-state index contributed by atoms with van der Waals surface area (Å²) in [5.41, 5.74) is 3.23. The topological polar surface area (TPSA) is 90.0 Å². The van der Waals surface area contributed by atoms with Gasteiger partial charge in [0.1, 0.15) is 29.8 Å². The van der Waals surface area contributed by atoms with Gasteiger partial charge in [0.2, 0.25) is 11.8 Å². The fourth-order valence-corrected chi connectivity index (χ4v) is 4.61. The smallest absolute Gasteiger partial charge is 0.261 e. The highest BCUT2D eigenvalue weighted by atomic mass is 16.5. The normalized spacial score (nSPS) is 22.3. The van der Waals surface area contributed by atoms with Crippen molar-refractivity contribution in [2.45, 2.75) is 64.7 Å². The Hall–Kier alpha value is -3.29. The zero-order chi connectivity index (χ0) is 23.1. The predicted molar refractivity (Wildman–Crippen MR) is 122 cm³/mol. The van der Waals surface area contributed by atoms with Crippen LogP contribution in [0.4, 0.5) is 5.69 Å². The van der Waals surface area contributed by atoms with Crippen LogP contribution in [0.15, 0.2) is 24.4 Å². The van der Waals surface area contributed by atoms with Crippen molar-refractivity contribution in [3.8, 4) is 17.4 Å². The number of carbonyl (C=O) groups is 2. The lowest BCUT2D eigenvalue weighted by Crippen LogP contribution is -2.37. The number of nitrogens with zero attached hydrogens (tertiary/aromatic N) is 2. The van der Waals surface area contributed by atoms with E-state index in [0.29, 0.717) is 55.4 Å². The second-order valence-electron chi connectivity index (χ2n) is 9.10. The van der Waals surface area contributed by atoms with Crippen LogP contribution in [0.2, 0.25) is 0 Å². The molecular weight excluding hydrogens is 422 g/mol. The number of nitrogens with one attached hydrogen (secondary N) is 1. The Labute approximate surface area is 193 Å². The number of anilines is 1. The molecule has 0 spiro atoms. The molecule has 1 aromatic heterocycles. The number of aromatic nitrogens is 1. The summed E-state index contributed by atoms with van der Waals surface area (Å²) in [4.78, 5) is 31.5. The molecule has 4 heterocycles. The fourth-order valence-electron chi connectivity index (χ4n) is 4.61. The molecule has 8 nitrogen and oxygen atoms in total. The molecule has 1 fully saturated rings. The minimum atomic E-state index is -0.210. The second kappa shape index (κ2) is 8.57. The van der Waals surface area contributed by atoms with E-state index in [1.807, 2.05) is 30.9 Å². The van der Waals surface area contributed by atoms with Crippen LogP contribution in [0, 0.1) is 6.92 Å². The Balaban J connectivity index is 1.35. The Bertz CT molecular complexity index is 1100. The van der Waals surface area contributed by atoms with Crippen molar-refractivity contribution in [2.24, 2.45) is 0 Å². The first-order chi connectivity index (χ1) is 15.9. The van der Waals surface area contributed by atoms with Crippen LogP contribution in [0.1, 0.15) is 54.6 Å². The van der Waals surface area contributed by atoms with E-state index in [4.69, 9.17) is 14.2 Å². The first kappa shape index (κ1) is 21.6. The van der Waals surface area contributed by atoms with E-state index in [0.717, 1.165) is 23.2 Å². The van der Waals surface area contributed by atoms with Crippen molar-refractivity contribution in [3.63, 3.8) is 0 Å². The molecule has 8 heteroatoms. The van der Waals surface area contributed by atoms with Crippen LogP contribution < -0.4 is 19.5 Å². The maximum absolute atomic E-state index is 13.6. The van der Waals surface area contributed by atoms with E-state index in [-0.39, 0.29) is 30.1 Å². The number of hydrogen-bond donors (Lipinski definition) is 1. The van der Waals surface area contributed by atoms with Gasteiger partial charge in [-0.25, -0.2) is 4.98 Å². The highest BCUT2D eigenvalue weighted by Crippen LogP contribution is 2.38. The summed E-state index contributed by atoms with van der Waals surface area (Å²) in [6.45, 7) is 6.86. The second-order valence-corrected chi connectivity index (χ2v) is 9.10. The van der Waals surface area contributed by atoms with Gasteiger partial charge in [-0.15, -0.1) is 0 Å². The third-order valence-electron chi connectivity index (χ3n) is 6.54. The molecule has 3 atom stereocenters. The summed E-state index contributed by atoms with van der Waals surface area (Å²) in [5.74, 6) is 1.51. The van der Waals surface area contributed by atoms with Crippen LogP contribution >= 0.6 is 0 Å². The van der Waals surface area contributed by atoms with Gasteiger partial charge in [0.25, 0.3) is 5.91 Å². The van der Waals surface area contributed by atoms with Crippen LogP contribution in [0.25, 0.3) is 0 Å². The van der Waals surface area contributed by atoms with Gasteiger partial charge >= 0.3 is 0 Å². The Kier molecular flexibility index (Phi) is 5.60. The van der Waals surface area contributed by atoms with Crippen molar-refractivity contribution in [1.82, 2.24) is 9.88 Å². The standard InChI is InChI=1S/C25H29N3O5/c1-4-15(3)32-21-8-14(2)7-20-24(21)25(30)28-12-18(9-17(28)13-31-20)33-23-10-19-16(11-26-23)5-6-22(29)27-19/h7-8,10-11,15,17-18H,4-6,9,12-13H2,1-3H3,(H,27,29)/t15-,17-,18+/m1/s1. The molecule has 2 amide bonds. The highest BCUT2D eigenvalue weighted by molar-refractivity contribution is 6.00. The first-order valence-electron chi connectivity index (χ1n) is 11.6. The molecule has 0 unspecified atom stereocenters. The molecule has 1 N–H and O–H groups in total. The van der Waals surface area contributed by atoms with Gasteiger partial charge in [0, 0.05) is 25.1 Å². The summed E-state index contributed by atoms with van der Waals surface area (Å²) in [5, 5.41) is 2.88. The van der Waals surface area contributed by atoms with E-state index in [2.05, 4.69) is 17.2 Å². The lowest BCUT2D eigenvalue weighted by Gasteiger charge is -2.22. The van der Waals surface area contributed by atoms with Crippen molar-refractivity contribution < 1.29 is 23.8 Å². The van der Waals surface area contributed by atoms with E-state index in [1.165, 1.54) is 0 Å². The fraction of sp³-hybridized carbons (Fsp3) is 0.480. The van der Waals surface area contributed by atoms with Crippen LogP contribution in [-0.4, -0.2) is 53.1 Å². The number of ether oxygens (including phenoxy) is 3. The van der Waals surface area contributed by atoms with Gasteiger partial charge in [-0.3, -0.25) is 9.59 Å². The van der Waals surface area contributed by atoms with E-state index < -0.39 is 0 Å². The van der Waals surface area contributed by atoms with E-state index in [1.54, 1.807) is 12.3 Å². The van der Waals surface area contributed by atoms with Crippen molar-refractivity contribution in [2.75, 3.05) is 18.5 Å². The third kappa shape index (κ3) is 4.21. The largest absolute Gasteiger partial charge is 0.490 e. The third-order valence-corrected chi connectivity index (χ3v) is 6.54. The van der Waals surface area contributed by atoms with Crippen molar-refractivity contribution in [3.05, 3.63) is 41.1 Å². The molecule has 1 saturated heterocycles. The maximum Gasteiger partial charge on any atom is 0.261 e.